The van der Waals surface area contributed by atoms with Crippen LogP contribution in [0.4, 0.5) is 24.5 Å². The second-order valence-corrected chi connectivity index (χ2v) is 6.38. The van der Waals surface area contributed by atoms with E-state index >= 15 is 0 Å². The van der Waals surface area contributed by atoms with E-state index in [1.54, 1.807) is 7.11 Å². The molecule has 0 unspecified atom stereocenters. The van der Waals surface area contributed by atoms with Crippen molar-refractivity contribution >= 4 is 11.4 Å². The predicted octanol–water partition coefficient (Wildman–Crippen LogP) is 3.62. The van der Waals surface area contributed by atoms with E-state index in [-0.39, 0.29) is 5.69 Å². The highest BCUT2D eigenvalue weighted by Gasteiger charge is 2.31. The molecular formula is C19H22F3N3O. The average Bonchev–Trinajstić information content (AvgIpc) is 2.62. The Morgan fingerprint density at radius 2 is 1.65 bits per heavy atom. The molecule has 0 radical (unpaired) electrons. The third-order valence-electron chi connectivity index (χ3n) is 4.63. The average molecular weight is 365 g/mol. The van der Waals surface area contributed by atoms with Crippen molar-refractivity contribution in [3.63, 3.8) is 0 Å². The van der Waals surface area contributed by atoms with E-state index < -0.39 is 11.7 Å². The SMILES string of the molecule is COc1ccc(CN2CCN(c3ccc(C(F)(F)F)cc3N)CC2)cc1. The predicted molar refractivity (Wildman–Crippen MR) is 96.3 cm³/mol. The number of nitrogens with zero attached hydrogens (tertiary/aromatic N) is 2. The number of halogens is 3. The summed E-state index contributed by atoms with van der Waals surface area (Å²) >= 11 is 0. The molecule has 0 bridgehead atoms. The maximum atomic E-state index is 12.8. The highest BCUT2D eigenvalue weighted by atomic mass is 19.4. The van der Waals surface area contributed by atoms with Gasteiger partial charge in [0, 0.05) is 32.7 Å². The fourth-order valence-electron chi connectivity index (χ4n) is 3.15. The molecule has 3 rings (SSSR count). The smallest absolute Gasteiger partial charge is 0.416 e. The molecule has 1 saturated heterocycles. The first-order valence-corrected chi connectivity index (χ1v) is 8.44. The molecule has 2 aromatic rings. The second kappa shape index (κ2) is 7.45. The Hall–Kier alpha value is -2.41. The number of hydrogen-bond donors (Lipinski definition) is 1. The minimum absolute atomic E-state index is 0.170. The van der Waals surface area contributed by atoms with Crippen LogP contribution in [-0.2, 0) is 12.7 Å². The monoisotopic (exact) mass is 365 g/mol. The van der Waals surface area contributed by atoms with Crippen molar-refractivity contribution in [2.75, 3.05) is 43.9 Å². The zero-order chi connectivity index (χ0) is 18.7. The van der Waals surface area contributed by atoms with Crippen molar-refractivity contribution in [1.82, 2.24) is 4.90 Å². The Morgan fingerprint density at radius 3 is 2.19 bits per heavy atom. The number of benzene rings is 2. The molecule has 2 aromatic carbocycles. The van der Waals surface area contributed by atoms with Crippen LogP contribution >= 0.6 is 0 Å². The lowest BCUT2D eigenvalue weighted by Crippen LogP contribution is -2.46. The number of nitrogens with two attached hydrogens (primary N) is 1. The summed E-state index contributed by atoms with van der Waals surface area (Å²) < 4.78 is 43.5. The van der Waals surface area contributed by atoms with E-state index in [9.17, 15) is 13.2 Å². The number of methoxy groups -OCH3 is 1. The van der Waals surface area contributed by atoms with Gasteiger partial charge in [0.15, 0.2) is 0 Å². The normalized spacial score (nSPS) is 15.9. The zero-order valence-electron chi connectivity index (χ0n) is 14.6. The molecule has 0 spiro atoms. The van der Waals surface area contributed by atoms with E-state index in [4.69, 9.17) is 10.5 Å². The number of nitrogen functional groups attached to an aromatic ring is 1. The molecule has 2 N–H and O–H groups in total. The van der Waals surface area contributed by atoms with Gasteiger partial charge < -0.3 is 15.4 Å². The summed E-state index contributed by atoms with van der Waals surface area (Å²) in [6.07, 6.45) is -4.37. The van der Waals surface area contributed by atoms with Crippen molar-refractivity contribution in [2.45, 2.75) is 12.7 Å². The van der Waals surface area contributed by atoms with Crippen LogP contribution in [-0.4, -0.2) is 38.2 Å². The number of anilines is 2. The van der Waals surface area contributed by atoms with Gasteiger partial charge in [0.1, 0.15) is 5.75 Å². The van der Waals surface area contributed by atoms with Crippen molar-refractivity contribution in [3.8, 4) is 5.75 Å². The van der Waals surface area contributed by atoms with Gasteiger partial charge in [-0.1, -0.05) is 12.1 Å². The van der Waals surface area contributed by atoms with Crippen molar-refractivity contribution in [1.29, 1.82) is 0 Å². The summed E-state index contributed by atoms with van der Waals surface area (Å²) in [5.41, 5.74) is 7.20. The summed E-state index contributed by atoms with van der Waals surface area (Å²) in [4.78, 5) is 4.36. The number of alkyl halides is 3. The van der Waals surface area contributed by atoms with Crippen LogP contribution in [0, 0.1) is 0 Å². The molecule has 1 aliphatic heterocycles. The third kappa shape index (κ3) is 4.22. The van der Waals surface area contributed by atoms with E-state index in [1.165, 1.54) is 11.6 Å². The van der Waals surface area contributed by atoms with E-state index in [1.807, 2.05) is 29.2 Å². The molecule has 0 atom stereocenters. The van der Waals surface area contributed by atoms with Gasteiger partial charge in [0.25, 0.3) is 0 Å². The Labute approximate surface area is 151 Å². The lowest BCUT2D eigenvalue weighted by molar-refractivity contribution is -0.137. The van der Waals surface area contributed by atoms with Gasteiger partial charge in [-0.05, 0) is 35.9 Å². The fourth-order valence-corrected chi connectivity index (χ4v) is 3.15. The Kier molecular flexibility index (Phi) is 5.27. The number of ether oxygens (including phenoxy) is 1. The van der Waals surface area contributed by atoms with Crippen LogP contribution in [0.2, 0.25) is 0 Å². The van der Waals surface area contributed by atoms with Crippen LogP contribution in [0.25, 0.3) is 0 Å². The lowest BCUT2D eigenvalue weighted by Gasteiger charge is -2.36. The maximum absolute atomic E-state index is 12.8. The van der Waals surface area contributed by atoms with Crippen molar-refractivity contribution < 1.29 is 17.9 Å². The van der Waals surface area contributed by atoms with Crippen LogP contribution in [0.5, 0.6) is 5.75 Å². The van der Waals surface area contributed by atoms with Gasteiger partial charge in [-0.3, -0.25) is 4.90 Å². The molecule has 0 aromatic heterocycles. The molecule has 1 fully saturated rings. The minimum Gasteiger partial charge on any atom is -0.497 e. The number of piperazine rings is 1. The van der Waals surface area contributed by atoms with Gasteiger partial charge >= 0.3 is 6.18 Å². The van der Waals surface area contributed by atoms with E-state index in [0.29, 0.717) is 5.69 Å². The van der Waals surface area contributed by atoms with Gasteiger partial charge in [0.05, 0.1) is 24.0 Å². The van der Waals surface area contributed by atoms with Gasteiger partial charge in [-0.2, -0.15) is 13.2 Å². The minimum atomic E-state index is -4.37. The summed E-state index contributed by atoms with van der Waals surface area (Å²) in [5, 5.41) is 0. The largest absolute Gasteiger partial charge is 0.497 e. The molecule has 0 saturated carbocycles. The molecule has 0 amide bonds. The molecular weight excluding hydrogens is 343 g/mol. The third-order valence-corrected chi connectivity index (χ3v) is 4.63. The highest BCUT2D eigenvalue weighted by Crippen LogP contribution is 2.34. The first-order valence-electron chi connectivity index (χ1n) is 8.44. The maximum Gasteiger partial charge on any atom is 0.416 e. The zero-order valence-corrected chi connectivity index (χ0v) is 14.6. The lowest BCUT2D eigenvalue weighted by atomic mass is 10.1. The number of hydrogen-bond acceptors (Lipinski definition) is 4. The van der Waals surface area contributed by atoms with Crippen LogP contribution in [0.15, 0.2) is 42.5 Å². The first-order chi connectivity index (χ1) is 12.4. The summed E-state index contributed by atoms with van der Waals surface area (Å²) in [6.45, 7) is 3.94. The summed E-state index contributed by atoms with van der Waals surface area (Å²) in [6, 6.07) is 11.5. The highest BCUT2D eigenvalue weighted by molar-refractivity contribution is 5.69. The quantitative estimate of drug-likeness (QED) is 0.841. The Bertz CT molecular complexity index is 739. The van der Waals surface area contributed by atoms with Gasteiger partial charge in [0.2, 0.25) is 0 Å². The number of rotatable bonds is 4. The van der Waals surface area contributed by atoms with Crippen LogP contribution in [0.1, 0.15) is 11.1 Å². The molecule has 140 valence electrons. The molecule has 1 heterocycles. The Morgan fingerprint density at radius 1 is 1.00 bits per heavy atom. The van der Waals surface area contributed by atoms with E-state index in [0.717, 1.165) is 50.6 Å². The molecule has 7 heteroatoms. The van der Waals surface area contributed by atoms with Crippen molar-refractivity contribution in [2.24, 2.45) is 0 Å². The molecule has 4 nitrogen and oxygen atoms in total. The van der Waals surface area contributed by atoms with Crippen LogP contribution < -0.4 is 15.4 Å². The van der Waals surface area contributed by atoms with Gasteiger partial charge in [-0.25, -0.2) is 0 Å². The van der Waals surface area contributed by atoms with E-state index in [2.05, 4.69) is 4.90 Å². The van der Waals surface area contributed by atoms with Crippen molar-refractivity contribution in [3.05, 3.63) is 53.6 Å². The standard InChI is InChI=1S/C19H22F3N3O/c1-26-16-5-2-14(3-6-16)13-24-8-10-25(11-9-24)18-7-4-15(12-17(18)23)19(20,21)22/h2-7,12H,8-11,13,23H2,1H3. The molecule has 1 aliphatic rings. The summed E-state index contributed by atoms with van der Waals surface area (Å²) in [5.74, 6) is 0.830. The Balaban J connectivity index is 1.59. The first kappa shape index (κ1) is 18.4. The topological polar surface area (TPSA) is 41.7 Å². The molecule has 0 aliphatic carbocycles. The fraction of sp³-hybridized carbons (Fsp3) is 0.368. The van der Waals surface area contributed by atoms with Gasteiger partial charge in [-0.15, -0.1) is 0 Å². The molecule has 26 heavy (non-hydrogen) atoms. The second-order valence-electron chi connectivity index (χ2n) is 6.38. The van der Waals surface area contributed by atoms with Crippen LogP contribution in [0.3, 0.4) is 0 Å². The summed E-state index contributed by atoms with van der Waals surface area (Å²) in [7, 11) is 1.64.